The van der Waals surface area contributed by atoms with E-state index in [2.05, 4.69) is 17.4 Å². The van der Waals surface area contributed by atoms with Gasteiger partial charge in [-0.25, -0.2) is 0 Å². The van der Waals surface area contributed by atoms with Gasteiger partial charge in [0.05, 0.1) is 11.8 Å². The average Bonchev–Trinajstić information content (AvgIpc) is 2.31. The quantitative estimate of drug-likeness (QED) is 0.709. The fourth-order valence-corrected chi connectivity index (χ4v) is 1.85. The average molecular weight is 205 g/mol. The first-order valence-corrected chi connectivity index (χ1v) is 5.30. The second kappa shape index (κ2) is 4.89. The van der Waals surface area contributed by atoms with Crippen molar-refractivity contribution < 1.29 is 0 Å². The van der Waals surface area contributed by atoms with Crippen LogP contribution in [0, 0.1) is 4.91 Å². The Morgan fingerprint density at radius 2 is 1.87 bits per heavy atom. The van der Waals surface area contributed by atoms with Crippen LogP contribution >= 0.6 is 0 Å². The lowest BCUT2D eigenvalue weighted by Gasteiger charge is -2.33. The molecule has 1 fully saturated rings. The van der Waals surface area contributed by atoms with E-state index in [1.807, 2.05) is 23.2 Å². The lowest BCUT2D eigenvalue weighted by molar-refractivity contribution is -0.0581. The van der Waals surface area contributed by atoms with Crippen LogP contribution in [0.1, 0.15) is 18.4 Å². The third-order valence-corrected chi connectivity index (χ3v) is 2.65. The summed E-state index contributed by atoms with van der Waals surface area (Å²) in [6.45, 7) is 2.43. The minimum absolute atomic E-state index is 0.746. The van der Waals surface area contributed by atoms with Crippen molar-refractivity contribution in [3.63, 3.8) is 0 Å². The zero-order valence-electron chi connectivity index (χ0n) is 8.67. The van der Waals surface area contributed by atoms with E-state index in [-0.39, 0.29) is 0 Å². The molecule has 4 heteroatoms. The molecule has 0 atom stereocenters. The summed E-state index contributed by atoms with van der Waals surface area (Å²) in [6.07, 6.45) is 2.19. The van der Waals surface area contributed by atoms with Crippen molar-refractivity contribution in [3.8, 4) is 0 Å². The van der Waals surface area contributed by atoms with Crippen LogP contribution in [-0.2, 0) is 6.54 Å². The van der Waals surface area contributed by atoms with Gasteiger partial charge in [-0.05, 0) is 18.4 Å². The van der Waals surface area contributed by atoms with Crippen LogP contribution in [0.15, 0.2) is 35.6 Å². The summed E-state index contributed by atoms with van der Waals surface area (Å²) >= 11 is 0. The minimum Gasteiger partial charge on any atom is -0.198 e. The van der Waals surface area contributed by atoms with Crippen molar-refractivity contribution in [1.82, 2.24) is 10.1 Å². The van der Waals surface area contributed by atoms with Crippen molar-refractivity contribution in [3.05, 3.63) is 40.8 Å². The Bertz CT molecular complexity index is 315. The van der Waals surface area contributed by atoms with Gasteiger partial charge in [0.1, 0.15) is 0 Å². The van der Waals surface area contributed by atoms with Gasteiger partial charge in [0.25, 0.3) is 0 Å². The van der Waals surface area contributed by atoms with Gasteiger partial charge < -0.3 is 0 Å². The molecule has 1 aromatic rings. The van der Waals surface area contributed by atoms with Gasteiger partial charge in [-0.2, -0.15) is 10.1 Å². The summed E-state index contributed by atoms with van der Waals surface area (Å²) in [4.78, 5) is 10.6. The van der Waals surface area contributed by atoms with Crippen LogP contribution in [-0.4, -0.2) is 23.2 Å². The van der Waals surface area contributed by atoms with Crippen molar-refractivity contribution >= 4 is 0 Å². The number of benzene rings is 1. The van der Waals surface area contributed by atoms with Crippen LogP contribution in [0.4, 0.5) is 0 Å². The Balaban J connectivity index is 2.00. The molecule has 1 aliphatic heterocycles. The standard InChI is InChI=1S/C11H15N3O/c15-12-14-9-5-4-8-13(14)10-11-6-2-1-3-7-11/h1-3,6-7H,4-5,8-10H2. The molecule has 0 unspecified atom stereocenters. The molecule has 1 aromatic carbocycles. The molecule has 2 rings (SSSR count). The molecule has 1 aliphatic rings. The molecule has 0 N–H and O–H groups in total. The summed E-state index contributed by atoms with van der Waals surface area (Å²) in [5, 5.41) is 6.58. The van der Waals surface area contributed by atoms with Gasteiger partial charge in [0.2, 0.25) is 0 Å². The lowest BCUT2D eigenvalue weighted by atomic mass is 10.2. The first kappa shape index (κ1) is 10.1. The highest BCUT2D eigenvalue weighted by Gasteiger charge is 2.18. The summed E-state index contributed by atoms with van der Waals surface area (Å²) in [7, 11) is 0. The molecule has 4 nitrogen and oxygen atoms in total. The van der Waals surface area contributed by atoms with Crippen molar-refractivity contribution in [2.24, 2.45) is 5.29 Å². The van der Waals surface area contributed by atoms with Gasteiger partial charge in [-0.15, -0.1) is 4.91 Å². The summed E-state index contributed by atoms with van der Waals surface area (Å²) < 4.78 is 0. The summed E-state index contributed by atoms with van der Waals surface area (Å²) in [5.41, 5.74) is 1.22. The highest BCUT2D eigenvalue weighted by Crippen LogP contribution is 2.14. The van der Waals surface area contributed by atoms with E-state index in [1.54, 1.807) is 0 Å². The SMILES string of the molecule is O=NN1CCCCN1Cc1ccccc1. The molecule has 0 aromatic heterocycles. The van der Waals surface area contributed by atoms with Crippen molar-refractivity contribution in [2.45, 2.75) is 19.4 Å². The summed E-state index contributed by atoms with van der Waals surface area (Å²) in [5.74, 6) is 0. The fourth-order valence-electron chi connectivity index (χ4n) is 1.85. The van der Waals surface area contributed by atoms with E-state index in [0.29, 0.717) is 0 Å². The number of rotatable bonds is 3. The zero-order chi connectivity index (χ0) is 10.5. The smallest absolute Gasteiger partial charge is 0.0686 e. The normalized spacial score (nSPS) is 17.7. The maximum atomic E-state index is 10.6. The van der Waals surface area contributed by atoms with E-state index in [4.69, 9.17) is 0 Å². The molecule has 0 amide bonds. The first-order valence-electron chi connectivity index (χ1n) is 5.30. The molecule has 15 heavy (non-hydrogen) atoms. The molecule has 0 saturated carbocycles. The first-order chi connectivity index (χ1) is 7.40. The second-order valence-corrected chi connectivity index (χ2v) is 3.76. The Morgan fingerprint density at radius 3 is 2.60 bits per heavy atom. The topological polar surface area (TPSA) is 35.9 Å². The fraction of sp³-hybridized carbons (Fsp3) is 0.455. The highest BCUT2D eigenvalue weighted by atomic mass is 16.3. The van der Waals surface area contributed by atoms with E-state index < -0.39 is 0 Å². The van der Waals surface area contributed by atoms with Gasteiger partial charge >= 0.3 is 0 Å². The van der Waals surface area contributed by atoms with E-state index in [9.17, 15) is 4.91 Å². The predicted molar refractivity (Wildman–Crippen MR) is 58.6 cm³/mol. The maximum Gasteiger partial charge on any atom is 0.0686 e. The number of hydrazine groups is 1. The third kappa shape index (κ3) is 2.53. The predicted octanol–water partition coefficient (Wildman–Crippen LogP) is 2.18. The molecule has 0 bridgehead atoms. The molecule has 0 radical (unpaired) electrons. The monoisotopic (exact) mass is 205 g/mol. The number of hydrogen-bond donors (Lipinski definition) is 0. The van der Waals surface area contributed by atoms with Crippen LogP contribution in [0.3, 0.4) is 0 Å². The van der Waals surface area contributed by atoms with Gasteiger partial charge in [0.15, 0.2) is 0 Å². The van der Waals surface area contributed by atoms with Gasteiger partial charge in [-0.1, -0.05) is 30.3 Å². The Morgan fingerprint density at radius 1 is 1.13 bits per heavy atom. The van der Waals surface area contributed by atoms with Crippen molar-refractivity contribution in [2.75, 3.05) is 13.1 Å². The number of nitroso groups, excluding NO2 is 1. The molecule has 0 spiro atoms. The maximum absolute atomic E-state index is 10.6. The van der Waals surface area contributed by atoms with Crippen LogP contribution in [0.25, 0.3) is 0 Å². The molecule has 1 heterocycles. The number of hydrogen-bond acceptors (Lipinski definition) is 3. The van der Waals surface area contributed by atoms with E-state index >= 15 is 0 Å². The molecular weight excluding hydrogens is 190 g/mol. The van der Waals surface area contributed by atoms with Crippen LogP contribution < -0.4 is 0 Å². The van der Waals surface area contributed by atoms with Gasteiger partial charge in [0, 0.05) is 13.1 Å². The lowest BCUT2D eigenvalue weighted by Crippen LogP contribution is -2.43. The summed E-state index contributed by atoms with van der Waals surface area (Å²) in [6, 6.07) is 10.2. The largest absolute Gasteiger partial charge is 0.198 e. The van der Waals surface area contributed by atoms with Crippen molar-refractivity contribution in [1.29, 1.82) is 0 Å². The van der Waals surface area contributed by atoms with Crippen LogP contribution in [0.2, 0.25) is 0 Å². The third-order valence-electron chi connectivity index (χ3n) is 2.65. The Labute approximate surface area is 89.4 Å². The Kier molecular flexibility index (Phi) is 3.29. The molecule has 1 saturated heterocycles. The number of nitrogens with zero attached hydrogens (tertiary/aromatic N) is 3. The van der Waals surface area contributed by atoms with E-state index in [0.717, 1.165) is 32.5 Å². The second-order valence-electron chi connectivity index (χ2n) is 3.76. The molecule has 0 aliphatic carbocycles. The van der Waals surface area contributed by atoms with E-state index in [1.165, 1.54) is 10.7 Å². The van der Waals surface area contributed by atoms with Crippen LogP contribution in [0.5, 0.6) is 0 Å². The Hall–Kier alpha value is -1.42. The molecule has 80 valence electrons. The minimum atomic E-state index is 0.746. The zero-order valence-corrected chi connectivity index (χ0v) is 8.67. The highest BCUT2D eigenvalue weighted by molar-refractivity contribution is 5.14. The molecular formula is C11H15N3O. The van der Waals surface area contributed by atoms with Gasteiger partial charge in [-0.3, -0.25) is 0 Å².